The topological polar surface area (TPSA) is 472 Å². The summed E-state index contributed by atoms with van der Waals surface area (Å²) in [6.45, 7) is 0. The van der Waals surface area contributed by atoms with Gasteiger partial charge in [-0.15, -0.1) is 45.4 Å². The van der Waals surface area contributed by atoms with Gasteiger partial charge in [-0.1, -0.05) is 0 Å². The molecule has 160 valence electrons. The molecule has 0 fully saturated rings. The molecule has 0 aliphatic carbocycles. The largest absolute Gasteiger partial charge is 2.00 e. The minimum Gasteiger partial charge on any atom is -0.784 e. The Labute approximate surface area is 156 Å². The smallest absolute Gasteiger partial charge is 0.784 e. The average Bonchev–Trinajstić information content (AvgIpc) is 1.76. The number of quaternary nitrogens is 6. The minimum atomic E-state index is -3.11. The Hall–Kier alpha value is 0.728. The van der Waals surface area contributed by atoms with Gasteiger partial charge in [0.2, 0.25) is 0 Å². The maximum atomic E-state index is 8.44. The fourth-order valence-corrected chi connectivity index (χ4v) is 0. The molecule has 0 saturated carbocycles. The Morgan fingerprint density at radius 1 is 0.348 bits per heavy atom. The van der Waals surface area contributed by atoms with Crippen LogP contribution in [0.2, 0.25) is 0 Å². The quantitative estimate of drug-likeness (QED) is 0.163. The molecular formula is H24N6O12PtS4. The van der Waals surface area contributed by atoms with Crippen LogP contribution in [-0.2, 0) is 66.5 Å². The van der Waals surface area contributed by atoms with Gasteiger partial charge in [-0.3, -0.25) is 16.8 Å². The van der Waals surface area contributed by atoms with Crippen molar-refractivity contribution in [1.29, 1.82) is 0 Å². The second kappa shape index (κ2) is 66.2. The first-order valence-corrected chi connectivity index (χ1v) is 6.00. The molecule has 24 N–H and O–H groups in total. The third kappa shape index (κ3) is 18400. The van der Waals surface area contributed by atoms with E-state index in [1.807, 2.05) is 0 Å². The van der Waals surface area contributed by atoms with Crippen molar-refractivity contribution in [1.82, 2.24) is 36.9 Å². The average molecular weight is 624 g/mol. The summed E-state index contributed by atoms with van der Waals surface area (Å²) in [5, 5.41) is 0. The monoisotopic (exact) mass is 623 g/mol. The summed E-state index contributed by atoms with van der Waals surface area (Å²) in [5.41, 5.74) is 0. The van der Waals surface area contributed by atoms with Crippen LogP contribution in [0.15, 0.2) is 0 Å². The number of hydrogen-bond donors (Lipinski definition) is 6. The zero-order valence-electron chi connectivity index (χ0n) is 12.8. The normalized spacial score (nSPS) is 6.09. The molecule has 0 unspecified atom stereocenters. The molecule has 0 aliphatic rings. The van der Waals surface area contributed by atoms with Crippen molar-refractivity contribution in [2.24, 2.45) is 0 Å². The Morgan fingerprint density at radius 2 is 0.348 bits per heavy atom. The molecule has 0 heterocycles. The van der Waals surface area contributed by atoms with E-state index in [9.17, 15) is 0 Å². The molecule has 18 nitrogen and oxygen atoms in total. The predicted molar refractivity (Wildman–Crippen MR) is 74.7 cm³/mol. The van der Waals surface area contributed by atoms with Crippen molar-refractivity contribution in [3.63, 3.8) is 0 Å². The van der Waals surface area contributed by atoms with Gasteiger partial charge in [-0.25, -0.2) is 0 Å². The van der Waals surface area contributed by atoms with Gasteiger partial charge in [0.1, 0.15) is 0 Å². The summed E-state index contributed by atoms with van der Waals surface area (Å²) < 4.78 is 101. The molecule has 23 heteroatoms. The summed E-state index contributed by atoms with van der Waals surface area (Å²) in [4.78, 5) is 0. The molecule has 0 aromatic carbocycles. The second-order valence-corrected chi connectivity index (χ2v) is 2.45. The van der Waals surface area contributed by atoms with Crippen molar-refractivity contribution >= 4 is 45.4 Å². The Morgan fingerprint density at radius 3 is 0.348 bits per heavy atom. The zero-order valence-corrected chi connectivity index (χ0v) is 18.4. The van der Waals surface area contributed by atoms with Gasteiger partial charge in [0.05, 0.1) is 0 Å². The molecular weight excluding hydrogens is 599 g/mol. The van der Waals surface area contributed by atoms with Crippen LogP contribution in [0.1, 0.15) is 0 Å². The molecule has 23 heavy (non-hydrogen) atoms. The van der Waals surface area contributed by atoms with Gasteiger partial charge in [-0.2, -0.15) is 0 Å². The predicted octanol–water partition coefficient (Wildman–Crippen LogP) is -1.76. The van der Waals surface area contributed by atoms with Gasteiger partial charge in [0.25, 0.3) is 0 Å². The van der Waals surface area contributed by atoms with Crippen molar-refractivity contribution < 1.29 is 74.3 Å². The van der Waals surface area contributed by atoms with Crippen LogP contribution in [0.4, 0.5) is 0 Å². The van der Waals surface area contributed by atoms with E-state index >= 15 is 0 Å². The summed E-state index contributed by atoms with van der Waals surface area (Å²) in [6.07, 6.45) is 0. The van der Waals surface area contributed by atoms with Gasteiger partial charge < -0.3 is 73.3 Å². The molecule has 0 aromatic heterocycles. The molecule has 0 radical (unpaired) electrons. The zero-order chi connectivity index (χ0) is 14.3. The van der Waals surface area contributed by atoms with Crippen LogP contribution in [-0.4, -0.2) is 53.3 Å². The number of rotatable bonds is 0. The van der Waals surface area contributed by atoms with E-state index in [2.05, 4.69) is 0 Å². The third-order valence-electron chi connectivity index (χ3n) is 0. The summed E-state index contributed by atoms with van der Waals surface area (Å²) in [5.74, 6) is 0. The molecule has 0 aliphatic heterocycles. The van der Waals surface area contributed by atoms with E-state index < -0.39 is 45.4 Å². The van der Waals surface area contributed by atoms with E-state index in [0.29, 0.717) is 0 Å². The fourth-order valence-electron chi connectivity index (χ4n) is 0. The Bertz CT molecular complexity index is 178. The standard InChI is InChI=1S/6H3N.4H2O3S.Pt/c;;;;;;4*1-4(2)3;/h6*1H3;4*(H2,1,2,3);/q;;;;;;;;;;+2/p-2. The first-order chi connectivity index (χ1) is 6.93. The van der Waals surface area contributed by atoms with Gasteiger partial charge >= 0.3 is 21.1 Å². The summed E-state index contributed by atoms with van der Waals surface area (Å²) in [6, 6.07) is 0. The Kier molecular flexibility index (Phi) is 218. The van der Waals surface area contributed by atoms with Crippen molar-refractivity contribution in [3.8, 4) is 0 Å². The van der Waals surface area contributed by atoms with E-state index in [1.165, 1.54) is 0 Å². The molecule has 0 saturated heterocycles. The summed E-state index contributed by atoms with van der Waals surface area (Å²) >= 11 is -12.4. The van der Waals surface area contributed by atoms with Crippen molar-refractivity contribution in [3.05, 3.63) is 0 Å². The van der Waals surface area contributed by atoms with E-state index in [4.69, 9.17) is 53.3 Å². The maximum Gasteiger partial charge on any atom is 2.00 e. The fraction of sp³-hybridized carbons (Fsp3) is 0. The molecule has 0 atom stereocenters. The van der Waals surface area contributed by atoms with Gasteiger partial charge in [-0.05, 0) is 0 Å². The molecule has 0 rings (SSSR count). The SMILES string of the molecule is O=S([O-])[O-].O=S([O-])[O-].O=S([O-])[O-].O=S([O-])[O-].[NH4+].[NH4+].[NH4+].[NH4+].[NH4+].[NH4+].[Pt+2]. The second-order valence-electron chi connectivity index (χ2n) is 0.816. The Balaban J connectivity index is -0.00000000842. The van der Waals surface area contributed by atoms with Crippen molar-refractivity contribution in [2.45, 2.75) is 0 Å². The third-order valence-corrected chi connectivity index (χ3v) is 0. The van der Waals surface area contributed by atoms with Crippen LogP contribution < -0.4 is 36.9 Å². The molecule has 0 amide bonds. The first-order valence-electron chi connectivity index (χ1n) is 2.00. The van der Waals surface area contributed by atoms with Crippen LogP contribution in [0, 0.1) is 0 Å². The first kappa shape index (κ1) is 75.7. The molecule has 0 aromatic rings. The van der Waals surface area contributed by atoms with Gasteiger partial charge in [0.15, 0.2) is 0 Å². The molecule has 0 spiro atoms. The molecule has 0 bridgehead atoms. The van der Waals surface area contributed by atoms with Crippen LogP contribution in [0.25, 0.3) is 0 Å². The maximum absolute atomic E-state index is 8.44. The van der Waals surface area contributed by atoms with E-state index in [1.54, 1.807) is 0 Å². The van der Waals surface area contributed by atoms with E-state index in [-0.39, 0.29) is 58.0 Å². The summed E-state index contributed by atoms with van der Waals surface area (Å²) in [7, 11) is 0. The van der Waals surface area contributed by atoms with Gasteiger partial charge in [0, 0.05) is 0 Å². The van der Waals surface area contributed by atoms with Crippen LogP contribution >= 0.6 is 0 Å². The van der Waals surface area contributed by atoms with E-state index in [0.717, 1.165) is 0 Å². The van der Waals surface area contributed by atoms with Crippen LogP contribution in [0.3, 0.4) is 0 Å². The minimum absolute atomic E-state index is 0. The van der Waals surface area contributed by atoms with Crippen molar-refractivity contribution in [2.75, 3.05) is 0 Å². The van der Waals surface area contributed by atoms with Crippen LogP contribution in [0.5, 0.6) is 0 Å². The number of hydrogen-bond acceptors (Lipinski definition) is 12.